The second-order valence-electron chi connectivity index (χ2n) is 3.57. The molecule has 8 heteroatoms. The number of carbonyl (C=O) groups is 2. The van der Waals surface area contributed by atoms with Crippen molar-refractivity contribution in [1.82, 2.24) is 0 Å². The Morgan fingerprint density at radius 2 is 1.20 bits per heavy atom. The average molecular weight is 286 g/mol. The lowest BCUT2D eigenvalue weighted by Crippen LogP contribution is -2.13. The minimum Gasteiger partial charge on any atom is -0.486 e. The van der Waals surface area contributed by atoms with E-state index in [2.05, 4.69) is 0 Å². The third-order valence-corrected chi connectivity index (χ3v) is 2.25. The standard InChI is InChI=1S/C12H14O8/c13-3-5-19-9-7(11(15)16)1-2-8(12(17)18)10(9)20-6-4-14/h1-2,13-14H,3-6H2,(H,15,16)(H,17,18). The number of hydrogen-bond donors (Lipinski definition) is 4. The summed E-state index contributed by atoms with van der Waals surface area (Å²) in [7, 11) is 0. The first-order chi connectivity index (χ1) is 9.52. The molecule has 0 radical (unpaired) electrons. The summed E-state index contributed by atoms with van der Waals surface area (Å²) in [6.07, 6.45) is 0. The van der Waals surface area contributed by atoms with E-state index in [0.717, 1.165) is 12.1 Å². The number of aliphatic hydroxyl groups is 2. The summed E-state index contributed by atoms with van der Waals surface area (Å²) >= 11 is 0. The zero-order valence-corrected chi connectivity index (χ0v) is 10.4. The maximum Gasteiger partial charge on any atom is 0.339 e. The van der Waals surface area contributed by atoms with E-state index in [0.29, 0.717) is 0 Å². The molecule has 4 N–H and O–H groups in total. The fourth-order valence-electron chi connectivity index (χ4n) is 1.48. The van der Waals surface area contributed by atoms with Gasteiger partial charge in [-0.15, -0.1) is 0 Å². The SMILES string of the molecule is O=C(O)c1ccc(C(=O)O)c(OCCO)c1OCCO. The van der Waals surface area contributed by atoms with Crippen LogP contribution in [0.5, 0.6) is 11.5 Å². The van der Waals surface area contributed by atoms with Gasteiger partial charge in [-0.25, -0.2) is 9.59 Å². The smallest absolute Gasteiger partial charge is 0.339 e. The van der Waals surface area contributed by atoms with E-state index in [1.54, 1.807) is 0 Å². The number of carboxylic acid groups (broad SMARTS) is 2. The highest BCUT2D eigenvalue weighted by atomic mass is 16.5. The van der Waals surface area contributed by atoms with Crippen LogP contribution in [0.4, 0.5) is 0 Å². The van der Waals surface area contributed by atoms with Crippen LogP contribution in [0.3, 0.4) is 0 Å². The highest BCUT2D eigenvalue weighted by Gasteiger charge is 2.23. The quantitative estimate of drug-likeness (QED) is 0.517. The van der Waals surface area contributed by atoms with Crippen molar-refractivity contribution in [3.8, 4) is 11.5 Å². The number of rotatable bonds is 8. The Morgan fingerprint density at radius 3 is 1.45 bits per heavy atom. The molecule has 8 nitrogen and oxygen atoms in total. The number of carboxylic acids is 2. The van der Waals surface area contributed by atoms with Gasteiger partial charge in [0, 0.05) is 0 Å². The molecular formula is C12H14O8. The van der Waals surface area contributed by atoms with E-state index in [4.69, 9.17) is 29.9 Å². The normalized spacial score (nSPS) is 10.1. The van der Waals surface area contributed by atoms with Gasteiger partial charge in [0.15, 0.2) is 11.5 Å². The highest BCUT2D eigenvalue weighted by molar-refractivity contribution is 5.98. The van der Waals surface area contributed by atoms with Gasteiger partial charge < -0.3 is 29.9 Å². The van der Waals surface area contributed by atoms with Gasteiger partial charge in [-0.1, -0.05) is 0 Å². The summed E-state index contributed by atoms with van der Waals surface area (Å²) in [5.41, 5.74) is -0.590. The van der Waals surface area contributed by atoms with Crippen LogP contribution in [0.15, 0.2) is 12.1 Å². The van der Waals surface area contributed by atoms with Crippen molar-refractivity contribution in [2.24, 2.45) is 0 Å². The van der Waals surface area contributed by atoms with Crippen molar-refractivity contribution in [1.29, 1.82) is 0 Å². The number of hydrogen-bond acceptors (Lipinski definition) is 6. The molecule has 110 valence electrons. The Labute approximate surface area is 113 Å². The predicted octanol–water partition coefficient (Wildman–Crippen LogP) is -0.175. The van der Waals surface area contributed by atoms with E-state index in [1.807, 2.05) is 0 Å². The minimum absolute atomic E-state index is 0.223. The van der Waals surface area contributed by atoms with Gasteiger partial charge in [-0.05, 0) is 12.1 Å². The third kappa shape index (κ3) is 3.59. The summed E-state index contributed by atoms with van der Waals surface area (Å²) in [4.78, 5) is 22.2. The zero-order chi connectivity index (χ0) is 15.1. The first kappa shape index (κ1) is 15.7. The lowest BCUT2D eigenvalue weighted by atomic mass is 10.1. The van der Waals surface area contributed by atoms with Crippen LogP contribution in [0.1, 0.15) is 20.7 Å². The third-order valence-electron chi connectivity index (χ3n) is 2.25. The van der Waals surface area contributed by atoms with Crippen LogP contribution in [0, 0.1) is 0 Å². The predicted molar refractivity (Wildman–Crippen MR) is 65.5 cm³/mol. The molecule has 0 aromatic heterocycles. The van der Waals surface area contributed by atoms with Gasteiger partial charge in [-0.3, -0.25) is 0 Å². The van der Waals surface area contributed by atoms with E-state index in [-0.39, 0.29) is 49.1 Å². The van der Waals surface area contributed by atoms with Crippen LogP contribution in [0.25, 0.3) is 0 Å². The Bertz CT molecular complexity index is 451. The molecule has 0 saturated carbocycles. The largest absolute Gasteiger partial charge is 0.486 e. The minimum atomic E-state index is -1.33. The maximum atomic E-state index is 11.1. The number of benzene rings is 1. The Kier molecular flexibility index (Phi) is 5.75. The van der Waals surface area contributed by atoms with Gasteiger partial charge in [-0.2, -0.15) is 0 Å². The highest BCUT2D eigenvalue weighted by Crippen LogP contribution is 2.35. The molecule has 0 bridgehead atoms. The molecule has 0 aliphatic carbocycles. The second-order valence-corrected chi connectivity index (χ2v) is 3.57. The topological polar surface area (TPSA) is 134 Å². The monoisotopic (exact) mass is 286 g/mol. The van der Waals surface area contributed by atoms with Gasteiger partial charge in [0.25, 0.3) is 0 Å². The van der Waals surface area contributed by atoms with Gasteiger partial charge in [0.2, 0.25) is 0 Å². The van der Waals surface area contributed by atoms with Crippen molar-refractivity contribution >= 4 is 11.9 Å². The molecule has 0 heterocycles. The second kappa shape index (κ2) is 7.31. The molecule has 0 aliphatic rings. The molecule has 0 atom stereocenters. The number of ether oxygens (including phenoxy) is 2. The summed E-state index contributed by atoms with van der Waals surface area (Å²) in [6, 6.07) is 2.15. The van der Waals surface area contributed by atoms with Gasteiger partial charge in [0.1, 0.15) is 24.3 Å². The van der Waals surface area contributed by atoms with Crippen LogP contribution < -0.4 is 9.47 Å². The first-order valence-electron chi connectivity index (χ1n) is 5.63. The Hall–Kier alpha value is -2.32. The Balaban J connectivity index is 3.37. The lowest BCUT2D eigenvalue weighted by molar-refractivity contribution is 0.0668. The molecule has 20 heavy (non-hydrogen) atoms. The van der Waals surface area contributed by atoms with E-state index in [1.165, 1.54) is 0 Å². The van der Waals surface area contributed by atoms with Crippen LogP contribution in [-0.4, -0.2) is 58.8 Å². The molecular weight excluding hydrogens is 272 g/mol. The number of aromatic carboxylic acids is 2. The van der Waals surface area contributed by atoms with Crippen LogP contribution >= 0.6 is 0 Å². The van der Waals surface area contributed by atoms with Crippen molar-refractivity contribution in [2.45, 2.75) is 0 Å². The van der Waals surface area contributed by atoms with Crippen LogP contribution in [0.2, 0.25) is 0 Å². The Morgan fingerprint density at radius 1 is 0.850 bits per heavy atom. The van der Waals surface area contributed by atoms with E-state index >= 15 is 0 Å². The fraction of sp³-hybridized carbons (Fsp3) is 0.333. The van der Waals surface area contributed by atoms with Crippen molar-refractivity contribution in [3.05, 3.63) is 23.3 Å². The molecule has 0 fully saturated rings. The summed E-state index contributed by atoms with van der Waals surface area (Å²) in [5.74, 6) is -3.24. The summed E-state index contributed by atoms with van der Waals surface area (Å²) in [5, 5.41) is 35.6. The van der Waals surface area contributed by atoms with E-state index in [9.17, 15) is 9.59 Å². The maximum absolute atomic E-state index is 11.1. The molecule has 0 unspecified atom stereocenters. The molecule has 1 aromatic carbocycles. The van der Waals surface area contributed by atoms with Crippen molar-refractivity contribution in [2.75, 3.05) is 26.4 Å². The summed E-state index contributed by atoms with van der Waals surface area (Å²) in [6.45, 7) is -1.21. The average Bonchev–Trinajstić information content (AvgIpc) is 2.41. The van der Waals surface area contributed by atoms with Gasteiger partial charge in [0.05, 0.1) is 13.2 Å². The molecule has 0 aliphatic heterocycles. The molecule has 0 spiro atoms. The molecule has 0 amide bonds. The molecule has 1 rings (SSSR count). The van der Waals surface area contributed by atoms with E-state index < -0.39 is 11.9 Å². The van der Waals surface area contributed by atoms with Crippen LogP contribution in [-0.2, 0) is 0 Å². The fourth-order valence-corrected chi connectivity index (χ4v) is 1.48. The summed E-state index contributed by atoms with van der Waals surface area (Å²) < 4.78 is 10.1. The van der Waals surface area contributed by atoms with Gasteiger partial charge >= 0.3 is 11.9 Å². The van der Waals surface area contributed by atoms with Crippen molar-refractivity contribution in [3.63, 3.8) is 0 Å². The number of aliphatic hydroxyl groups excluding tert-OH is 2. The zero-order valence-electron chi connectivity index (χ0n) is 10.4. The lowest BCUT2D eigenvalue weighted by Gasteiger charge is -2.16. The van der Waals surface area contributed by atoms with Crippen molar-refractivity contribution < 1.29 is 39.5 Å². The first-order valence-corrected chi connectivity index (χ1v) is 5.63. The molecule has 1 aromatic rings. The molecule has 0 saturated heterocycles.